The molecule has 3 heterocycles. The van der Waals surface area contributed by atoms with Gasteiger partial charge in [0.05, 0.1) is 12.7 Å². The fourth-order valence-electron chi connectivity index (χ4n) is 3.62. The lowest BCUT2D eigenvalue weighted by molar-refractivity contribution is -0.138. The van der Waals surface area contributed by atoms with Crippen LogP contribution >= 0.6 is 0 Å². The zero-order chi connectivity index (χ0) is 18.4. The first-order valence-electron chi connectivity index (χ1n) is 9.62. The van der Waals surface area contributed by atoms with Crippen molar-refractivity contribution < 1.29 is 19.4 Å². The average Bonchev–Trinajstić information content (AvgIpc) is 2.98. The van der Waals surface area contributed by atoms with Gasteiger partial charge in [-0.15, -0.1) is 0 Å². The fourth-order valence-corrected chi connectivity index (χ4v) is 3.62. The maximum Gasteiger partial charge on any atom is 0.325 e. The minimum absolute atomic E-state index is 0.137. The maximum atomic E-state index is 11.1. The lowest BCUT2D eigenvalue weighted by Crippen LogP contribution is -2.31. The molecule has 1 aromatic heterocycles. The Morgan fingerprint density at radius 2 is 2.12 bits per heavy atom. The molecule has 1 atom stereocenters. The first-order valence-corrected chi connectivity index (χ1v) is 9.62. The van der Waals surface area contributed by atoms with Gasteiger partial charge in [-0.25, -0.2) is 9.67 Å². The van der Waals surface area contributed by atoms with E-state index in [9.17, 15) is 4.79 Å². The fraction of sp³-hybridized carbons (Fsp3) is 0.833. The van der Waals surface area contributed by atoms with E-state index >= 15 is 0 Å². The van der Waals surface area contributed by atoms with Crippen LogP contribution in [-0.4, -0.2) is 70.2 Å². The molecule has 0 radical (unpaired) electrons. The molecule has 0 saturated carbocycles. The molecule has 0 spiro atoms. The zero-order valence-electron chi connectivity index (χ0n) is 15.6. The van der Waals surface area contributed by atoms with Crippen LogP contribution in [0.4, 0.5) is 0 Å². The molecule has 2 aliphatic heterocycles. The van der Waals surface area contributed by atoms with Gasteiger partial charge < -0.3 is 19.5 Å². The predicted octanol–water partition coefficient (Wildman–Crippen LogP) is 1.33. The van der Waals surface area contributed by atoms with Crippen molar-refractivity contribution in [3.63, 3.8) is 0 Å². The Morgan fingerprint density at radius 1 is 1.31 bits per heavy atom. The summed E-state index contributed by atoms with van der Waals surface area (Å²) in [6, 6.07) is 0. The normalized spacial score (nSPS) is 22.6. The predicted molar refractivity (Wildman–Crippen MR) is 94.8 cm³/mol. The standard InChI is InChI=1S/C18H30N4O4/c1-21-7-5-14(6-8-21)10-16-19-17(22(20-16)11-18(23)24)13-25-12-15-4-2-3-9-26-15/h14-15H,2-13H2,1H3,(H,23,24)/t15-/m0/s1. The topological polar surface area (TPSA) is 89.7 Å². The minimum Gasteiger partial charge on any atom is -0.480 e. The Hall–Kier alpha value is -1.51. The highest BCUT2D eigenvalue weighted by Gasteiger charge is 2.21. The molecule has 0 unspecified atom stereocenters. The summed E-state index contributed by atoms with van der Waals surface area (Å²) >= 11 is 0. The van der Waals surface area contributed by atoms with Gasteiger partial charge in [0.1, 0.15) is 13.2 Å². The van der Waals surface area contributed by atoms with E-state index in [2.05, 4.69) is 22.0 Å². The highest BCUT2D eigenvalue weighted by Crippen LogP contribution is 2.20. The second kappa shape index (κ2) is 9.43. The van der Waals surface area contributed by atoms with Crippen LogP contribution in [0.1, 0.15) is 43.8 Å². The molecule has 0 amide bonds. The van der Waals surface area contributed by atoms with Crippen LogP contribution in [0.3, 0.4) is 0 Å². The van der Waals surface area contributed by atoms with Gasteiger partial charge in [0.25, 0.3) is 0 Å². The number of aliphatic carboxylic acids is 1. The number of ether oxygens (including phenoxy) is 2. The summed E-state index contributed by atoms with van der Waals surface area (Å²) in [6.07, 6.45) is 6.51. The summed E-state index contributed by atoms with van der Waals surface area (Å²) in [5, 5.41) is 13.6. The minimum atomic E-state index is -0.919. The van der Waals surface area contributed by atoms with Crippen molar-refractivity contribution in [2.24, 2.45) is 5.92 Å². The first-order chi connectivity index (χ1) is 12.6. The van der Waals surface area contributed by atoms with Crippen molar-refractivity contribution >= 4 is 5.97 Å². The van der Waals surface area contributed by atoms with Crippen LogP contribution in [-0.2, 0) is 33.8 Å². The van der Waals surface area contributed by atoms with Gasteiger partial charge in [0.2, 0.25) is 0 Å². The highest BCUT2D eigenvalue weighted by atomic mass is 16.5. The van der Waals surface area contributed by atoms with Crippen LogP contribution in [0.5, 0.6) is 0 Å². The van der Waals surface area contributed by atoms with Crippen LogP contribution in [0.25, 0.3) is 0 Å². The quantitative estimate of drug-likeness (QED) is 0.742. The van der Waals surface area contributed by atoms with Gasteiger partial charge in [0, 0.05) is 13.0 Å². The summed E-state index contributed by atoms with van der Waals surface area (Å²) in [5.41, 5.74) is 0. The van der Waals surface area contributed by atoms with Gasteiger partial charge in [0.15, 0.2) is 11.6 Å². The Balaban J connectivity index is 1.55. The Bertz CT molecular complexity index is 578. The van der Waals surface area contributed by atoms with Crippen molar-refractivity contribution in [1.82, 2.24) is 19.7 Å². The molecule has 0 bridgehead atoms. The molecule has 8 nitrogen and oxygen atoms in total. The van der Waals surface area contributed by atoms with E-state index in [1.807, 2.05) is 0 Å². The Morgan fingerprint density at radius 3 is 2.81 bits per heavy atom. The Kier molecular flexibility index (Phi) is 6.99. The smallest absolute Gasteiger partial charge is 0.325 e. The summed E-state index contributed by atoms with van der Waals surface area (Å²) in [5.74, 6) is 0.966. The molecular formula is C18H30N4O4. The molecular weight excluding hydrogens is 336 g/mol. The largest absolute Gasteiger partial charge is 0.480 e. The molecule has 146 valence electrons. The van der Waals surface area contributed by atoms with E-state index in [1.165, 1.54) is 11.1 Å². The SMILES string of the molecule is CN1CCC(Cc2nc(COC[C@@H]3CCCCO3)n(CC(=O)O)n2)CC1. The number of carboxylic acids is 1. The average molecular weight is 366 g/mol. The van der Waals surface area contributed by atoms with Crippen LogP contribution in [0, 0.1) is 5.92 Å². The third-order valence-corrected chi connectivity index (χ3v) is 5.20. The Labute approximate surface area is 154 Å². The second-order valence-corrected chi connectivity index (χ2v) is 7.45. The van der Waals surface area contributed by atoms with Gasteiger partial charge in [-0.1, -0.05) is 0 Å². The summed E-state index contributed by atoms with van der Waals surface area (Å²) < 4.78 is 12.9. The third kappa shape index (κ3) is 5.75. The van der Waals surface area contributed by atoms with E-state index in [-0.39, 0.29) is 19.3 Å². The molecule has 1 N–H and O–H groups in total. The van der Waals surface area contributed by atoms with Gasteiger partial charge in [-0.2, -0.15) is 5.10 Å². The molecule has 26 heavy (non-hydrogen) atoms. The number of piperidine rings is 1. The number of carboxylic acid groups (broad SMARTS) is 1. The summed E-state index contributed by atoms with van der Waals surface area (Å²) in [7, 11) is 2.14. The van der Waals surface area contributed by atoms with Crippen molar-refractivity contribution in [3.8, 4) is 0 Å². The highest BCUT2D eigenvalue weighted by molar-refractivity contribution is 5.66. The third-order valence-electron chi connectivity index (χ3n) is 5.20. The number of carbonyl (C=O) groups is 1. The molecule has 3 rings (SSSR count). The van der Waals surface area contributed by atoms with E-state index in [0.717, 1.165) is 57.6 Å². The lowest BCUT2D eigenvalue weighted by Gasteiger charge is -2.28. The molecule has 2 saturated heterocycles. The van der Waals surface area contributed by atoms with Crippen molar-refractivity contribution in [2.45, 2.75) is 57.8 Å². The van der Waals surface area contributed by atoms with Crippen molar-refractivity contribution in [2.75, 3.05) is 33.4 Å². The van der Waals surface area contributed by atoms with Gasteiger partial charge >= 0.3 is 5.97 Å². The molecule has 1 aromatic rings. The number of likely N-dealkylation sites (tertiary alicyclic amines) is 1. The number of rotatable bonds is 8. The van der Waals surface area contributed by atoms with E-state index in [4.69, 9.17) is 14.6 Å². The number of hydrogen-bond acceptors (Lipinski definition) is 6. The first kappa shape index (κ1) is 19.3. The van der Waals surface area contributed by atoms with Crippen LogP contribution < -0.4 is 0 Å². The van der Waals surface area contributed by atoms with E-state index in [0.29, 0.717) is 18.3 Å². The maximum absolute atomic E-state index is 11.1. The molecule has 8 heteroatoms. The van der Waals surface area contributed by atoms with E-state index < -0.39 is 5.97 Å². The number of aromatic nitrogens is 3. The second-order valence-electron chi connectivity index (χ2n) is 7.45. The molecule has 2 fully saturated rings. The number of hydrogen-bond donors (Lipinski definition) is 1. The van der Waals surface area contributed by atoms with Crippen LogP contribution in [0.15, 0.2) is 0 Å². The molecule has 2 aliphatic rings. The van der Waals surface area contributed by atoms with E-state index in [1.54, 1.807) is 0 Å². The van der Waals surface area contributed by atoms with Crippen LogP contribution in [0.2, 0.25) is 0 Å². The lowest BCUT2D eigenvalue weighted by atomic mass is 9.94. The van der Waals surface area contributed by atoms with Gasteiger partial charge in [-0.05, 0) is 58.2 Å². The zero-order valence-corrected chi connectivity index (χ0v) is 15.6. The van der Waals surface area contributed by atoms with Crippen molar-refractivity contribution in [1.29, 1.82) is 0 Å². The molecule has 0 aromatic carbocycles. The summed E-state index contributed by atoms with van der Waals surface area (Å²) in [6.45, 7) is 3.59. The molecule has 0 aliphatic carbocycles. The summed E-state index contributed by atoms with van der Waals surface area (Å²) in [4.78, 5) is 18.0. The number of nitrogens with zero attached hydrogens (tertiary/aromatic N) is 4. The van der Waals surface area contributed by atoms with Crippen molar-refractivity contribution in [3.05, 3.63) is 11.6 Å². The monoisotopic (exact) mass is 366 g/mol. The van der Waals surface area contributed by atoms with Gasteiger partial charge in [-0.3, -0.25) is 4.79 Å².